The van der Waals surface area contributed by atoms with Crippen LogP contribution in [0.15, 0.2) is 72.8 Å². The number of carbonyl (C=O) groups is 3. The first-order valence-corrected chi connectivity index (χ1v) is 10.5. The Balaban J connectivity index is 1.76. The molecule has 0 saturated carbocycles. The van der Waals surface area contributed by atoms with Crippen molar-refractivity contribution in [2.75, 3.05) is 19.8 Å². The Kier molecular flexibility index (Phi) is 7.93. The zero-order valence-electron chi connectivity index (χ0n) is 18.8. The van der Waals surface area contributed by atoms with Gasteiger partial charge in [0.1, 0.15) is 37.1 Å². The number of hydrogen-bond acceptors (Lipinski definition) is 6. The minimum atomic E-state index is -1.08. The minimum absolute atomic E-state index is 0.0628. The van der Waals surface area contributed by atoms with E-state index in [2.05, 4.69) is 0 Å². The Bertz CT molecular complexity index is 1070. The van der Waals surface area contributed by atoms with Crippen molar-refractivity contribution in [3.8, 4) is 17.2 Å². The van der Waals surface area contributed by atoms with E-state index in [-0.39, 0.29) is 36.5 Å². The molecule has 3 rings (SSSR count). The molecular formula is C26H24O9. The quantitative estimate of drug-likeness (QED) is 0.346. The lowest BCUT2D eigenvalue weighted by molar-refractivity contribution is 0.0469. The van der Waals surface area contributed by atoms with E-state index in [4.69, 9.17) is 14.2 Å². The Morgan fingerprint density at radius 3 is 1.14 bits per heavy atom. The number of rotatable bonds is 12. The van der Waals surface area contributed by atoms with Gasteiger partial charge in [-0.2, -0.15) is 0 Å². The van der Waals surface area contributed by atoms with Crippen LogP contribution in [0, 0.1) is 5.41 Å². The van der Waals surface area contributed by atoms with E-state index < -0.39 is 23.3 Å². The van der Waals surface area contributed by atoms with Crippen LogP contribution in [0.25, 0.3) is 0 Å². The van der Waals surface area contributed by atoms with E-state index in [0.29, 0.717) is 17.2 Å². The van der Waals surface area contributed by atoms with E-state index in [1.165, 1.54) is 36.4 Å². The Morgan fingerprint density at radius 1 is 0.600 bits per heavy atom. The zero-order chi connectivity index (χ0) is 25.4. The molecule has 3 aromatic carbocycles. The molecule has 0 atom stereocenters. The fourth-order valence-corrected chi connectivity index (χ4v) is 3.05. The van der Waals surface area contributed by atoms with Crippen LogP contribution >= 0.6 is 0 Å². The second-order valence-electron chi connectivity index (χ2n) is 8.18. The molecule has 0 heterocycles. The van der Waals surface area contributed by atoms with Crippen molar-refractivity contribution in [2.45, 2.75) is 6.92 Å². The van der Waals surface area contributed by atoms with E-state index in [1.54, 1.807) is 36.4 Å². The number of hydrogen-bond donors (Lipinski definition) is 3. The lowest BCUT2D eigenvalue weighted by Gasteiger charge is -2.29. The van der Waals surface area contributed by atoms with Gasteiger partial charge in [-0.05, 0) is 61.5 Å². The summed E-state index contributed by atoms with van der Waals surface area (Å²) in [4.78, 5) is 33.7. The second-order valence-corrected chi connectivity index (χ2v) is 8.18. The number of aromatic carboxylic acids is 3. The molecule has 0 aliphatic carbocycles. The molecule has 0 aliphatic heterocycles. The van der Waals surface area contributed by atoms with Gasteiger partial charge < -0.3 is 29.5 Å². The van der Waals surface area contributed by atoms with Crippen LogP contribution in [0.4, 0.5) is 0 Å². The first kappa shape index (κ1) is 25.1. The smallest absolute Gasteiger partial charge is 0.335 e. The van der Waals surface area contributed by atoms with Crippen molar-refractivity contribution in [2.24, 2.45) is 5.41 Å². The summed E-state index contributed by atoms with van der Waals surface area (Å²) in [6, 6.07) is 18.1. The summed E-state index contributed by atoms with van der Waals surface area (Å²) in [5, 5.41) is 27.6. The first-order valence-electron chi connectivity index (χ1n) is 10.5. The molecule has 0 saturated heterocycles. The summed E-state index contributed by atoms with van der Waals surface area (Å²) < 4.78 is 17.6. The molecule has 9 heteroatoms. The molecule has 0 amide bonds. The molecular weight excluding hydrogens is 456 g/mol. The first-order chi connectivity index (χ1) is 16.6. The standard InChI is InChI=1S/C26H24O9/c1-26(14-33-20-8-2-5-17(11-20)23(27)28,15-34-21-9-3-6-18(12-21)24(29)30)16-35-22-10-4-7-19(13-22)25(31)32/h2-13H,14-16H2,1H3,(H,27,28)(H,29,30)(H,31,32). The van der Waals surface area contributed by atoms with Crippen molar-refractivity contribution < 1.29 is 43.9 Å². The van der Waals surface area contributed by atoms with E-state index in [0.717, 1.165) is 0 Å². The van der Waals surface area contributed by atoms with Crippen LogP contribution in [0.5, 0.6) is 17.2 Å². The molecule has 0 bridgehead atoms. The van der Waals surface area contributed by atoms with Crippen molar-refractivity contribution in [1.82, 2.24) is 0 Å². The van der Waals surface area contributed by atoms with E-state index in [1.807, 2.05) is 6.92 Å². The fraction of sp³-hybridized carbons (Fsp3) is 0.192. The maximum absolute atomic E-state index is 11.2. The predicted molar refractivity (Wildman–Crippen MR) is 125 cm³/mol. The van der Waals surface area contributed by atoms with Crippen molar-refractivity contribution in [3.05, 3.63) is 89.5 Å². The van der Waals surface area contributed by atoms with Crippen molar-refractivity contribution in [3.63, 3.8) is 0 Å². The third-order valence-corrected chi connectivity index (χ3v) is 5.00. The minimum Gasteiger partial charge on any atom is -0.493 e. The highest BCUT2D eigenvalue weighted by molar-refractivity contribution is 5.88. The average Bonchev–Trinajstić information content (AvgIpc) is 2.86. The Morgan fingerprint density at radius 2 is 0.886 bits per heavy atom. The lowest BCUT2D eigenvalue weighted by atomic mass is 9.94. The Labute approximate surface area is 201 Å². The number of benzene rings is 3. The number of carboxylic acid groups (broad SMARTS) is 3. The van der Waals surface area contributed by atoms with Gasteiger partial charge >= 0.3 is 17.9 Å². The van der Waals surface area contributed by atoms with Gasteiger partial charge in [-0.1, -0.05) is 18.2 Å². The van der Waals surface area contributed by atoms with Crippen LogP contribution in [-0.2, 0) is 0 Å². The highest BCUT2D eigenvalue weighted by atomic mass is 16.5. The van der Waals surface area contributed by atoms with Gasteiger partial charge in [0, 0.05) is 0 Å². The van der Waals surface area contributed by atoms with Crippen LogP contribution in [0.2, 0.25) is 0 Å². The van der Waals surface area contributed by atoms with Crippen LogP contribution in [-0.4, -0.2) is 53.0 Å². The average molecular weight is 480 g/mol. The molecule has 182 valence electrons. The molecule has 0 spiro atoms. The van der Waals surface area contributed by atoms with Crippen molar-refractivity contribution in [1.29, 1.82) is 0 Å². The maximum atomic E-state index is 11.2. The van der Waals surface area contributed by atoms with Crippen LogP contribution < -0.4 is 14.2 Å². The van der Waals surface area contributed by atoms with Gasteiger partial charge in [0.05, 0.1) is 22.1 Å². The normalized spacial score (nSPS) is 10.9. The van der Waals surface area contributed by atoms with Gasteiger partial charge in [0.2, 0.25) is 0 Å². The van der Waals surface area contributed by atoms with Crippen LogP contribution in [0.3, 0.4) is 0 Å². The third-order valence-electron chi connectivity index (χ3n) is 5.00. The second kappa shape index (κ2) is 11.1. The largest absolute Gasteiger partial charge is 0.493 e. The van der Waals surface area contributed by atoms with Crippen LogP contribution in [0.1, 0.15) is 38.0 Å². The molecule has 0 aromatic heterocycles. The zero-order valence-corrected chi connectivity index (χ0v) is 18.8. The number of ether oxygens (including phenoxy) is 3. The highest BCUT2D eigenvalue weighted by Crippen LogP contribution is 2.25. The molecule has 35 heavy (non-hydrogen) atoms. The molecule has 0 aliphatic rings. The van der Waals surface area contributed by atoms with E-state index >= 15 is 0 Å². The monoisotopic (exact) mass is 480 g/mol. The SMILES string of the molecule is CC(COc1cccc(C(=O)O)c1)(COc1cccc(C(=O)O)c1)COc1cccc(C(=O)O)c1. The molecule has 9 nitrogen and oxygen atoms in total. The van der Waals surface area contributed by atoms with Gasteiger partial charge in [0.25, 0.3) is 0 Å². The Hall–Kier alpha value is -4.53. The van der Waals surface area contributed by atoms with E-state index in [9.17, 15) is 29.7 Å². The third kappa shape index (κ3) is 7.23. The van der Waals surface area contributed by atoms with Gasteiger partial charge in [-0.15, -0.1) is 0 Å². The van der Waals surface area contributed by atoms with Gasteiger partial charge in [-0.3, -0.25) is 0 Å². The lowest BCUT2D eigenvalue weighted by Crippen LogP contribution is -2.38. The summed E-state index contributed by atoms with van der Waals surface area (Å²) in [5.74, 6) is -2.21. The molecule has 0 unspecified atom stereocenters. The summed E-state index contributed by atoms with van der Waals surface area (Å²) in [6.07, 6.45) is 0. The molecule has 0 fully saturated rings. The summed E-state index contributed by atoms with van der Waals surface area (Å²) in [5.41, 5.74) is -0.564. The molecule has 0 radical (unpaired) electrons. The highest BCUT2D eigenvalue weighted by Gasteiger charge is 2.29. The molecule has 3 aromatic rings. The summed E-state index contributed by atoms with van der Waals surface area (Å²) >= 11 is 0. The maximum Gasteiger partial charge on any atom is 0.335 e. The summed E-state index contributed by atoms with van der Waals surface area (Å²) in [7, 11) is 0. The van der Waals surface area contributed by atoms with Crippen molar-refractivity contribution >= 4 is 17.9 Å². The number of carboxylic acids is 3. The fourth-order valence-electron chi connectivity index (χ4n) is 3.05. The topological polar surface area (TPSA) is 140 Å². The molecule has 3 N–H and O–H groups in total. The summed E-state index contributed by atoms with van der Waals surface area (Å²) in [6.45, 7) is 2.00. The predicted octanol–water partition coefficient (Wildman–Crippen LogP) is 4.32. The van der Waals surface area contributed by atoms with Gasteiger partial charge in [0.15, 0.2) is 0 Å². The van der Waals surface area contributed by atoms with Gasteiger partial charge in [-0.25, -0.2) is 14.4 Å².